The van der Waals surface area contributed by atoms with E-state index >= 15 is 0 Å². The van der Waals surface area contributed by atoms with Gasteiger partial charge in [0, 0.05) is 28.7 Å². The molecule has 2 N–H and O–H groups in total. The average Bonchev–Trinajstić information content (AvgIpc) is 2.37. The van der Waals surface area contributed by atoms with Gasteiger partial charge in [-0.15, -0.1) is 0 Å². The third-order valence-corrected chi connectivity index (χ3v) is 4.77. The zero-order chi connectivity index (χ0) is 14.0. The Hall–Kier alpha value is -0.280. The highest BCUT2D eigenvalue weighted by Crippen LogP contribution is 2.34. The molecular weight excluding hydrogens is 279 g/mol. The first-order valence-electron chi connectivity index (χ1n) is 6.93. The van der Waals surface area contributed by atoms with Gasteiger partial charge in [0.05, 0.1) is 0 Å². The molecule has 1 saturated heterocycles. The predicted octanol–water partition coefficient (Wildman–Crippen LogP) is 4.11. The highest BCUT2D eigenvalue weighted by molar-refractivity contribution is 6.35. The molecule has 0 aromatic heterocycles. The molecule has 0 saturated carbocycles. The Morgan fingerprint density at radius 3 is 2.79 bits per heavy atom. The second-order valence-electron chi connectivity index (χ2n) is 5.60. The van der Waals surface area contributed by atoms with E-state index in [1.54, 1.807) is 0 Å². The van der Waals surface area contributed by atoms with E-state index in [-0.39, 0.29) is 6.04 Å². The van der Waals surface area contributed by atoms with Crippen LogP contribution in [0.5, 0.6) is 0 Å². The summed E-state index contributed by atoms with van der Waals surface area (Å²) in [6.45, 7) is 6.30. The van der Waals surface area contributed by atoms with E-state index < -0.39 is 0 Å². The van der Waals surface area contributed by atoms with Crippen molar-refractivity contribution in [1.82, 2.24) is 4.90 Å². The maximum atomic E-state index is 6.32. The van der Waals surface area contributed by atoms with Gasteiger partial charge in [0.25, 0.3) is 0 Å². The molecule has 0 radical (unpaired) electrons. The first-order chi connectivity index (χ1) is 9.02. The van der Waals surface area contributed by atoms with Crippen molar-refractivity contribution in [3.05, 3.63) is 33.8 Å². The van der Waals surface area contributed by atoms with Crippen molar-refractivity contribution in [3.63, 3.8) is 0 Å². The van der Waals surface area contributed by atoms with Gasteiger partial charge in [0.2, 0.25) is 0 Å². The van der Waals surface area contributed by atoms with E-state index in [0.29, 0.717) is 17.6 Å². The van der Waals surface area contributed by atoms with Crippen LogP contribution in [0.3, 0.4) is 0 Å². The van der Waals surface area contributed by atoms with Crippen molar-refractivity contribution in [2.45, 2.75) is 38.8 Å². The van der Waals surface area contributed by atoms with Gasteiger partial charge in [-0.25, -0.2) is 0 Å². The fourth-order valence-electron chi connectivity index (χ4n) is 3.03. The van der Waals surface area contributed by atoms with Crippen molar-refractivity contribution in [2.24, 2.45) is 11.7 Å². The summed E-state index contributed by atoms with van der Waals surface area (Å²) in [4.78, 5) is 2.48. The summed E-state index contributed by atoms with van der Waals surface area (Å²) >= 11 is 12.3. The molecule has 3 unspecified atom stereocenters. The van der Waals surface area contributed by atoms with Crippen molar-refractivity contribution in [1.29, 1.82) is 0 Å². The monoisotopic (exact) mass is 300 g/mol. The number of halogens is 2. The molecule has 2 rings (SSSR count). The minimum Gasteiger partial charge on any atom is -0.329 e. The van der Waals surface area contributed by atoms with Crippen LogP contribution in [0, 0.1) is 5.92 Å². The molecule has 0 spiro atoms. The van der Waals surface area contributed by atoms with Crippen molar-refractivity contribution in [2.75, 3.05) is 13.1 Å². The molecule has 106 valence electrons. The fraction of sp³-hybridized carbons (Fsp3) is 0.600. The molecule has 1 fully saturated rings. The molecule has 3 atom stereocenters. The Kier molecular flexibility index (Phi) is 5.13. The number of hydrogen-bond donors (Lipinski definition) is 1. The molecule has 1 aliphatic rings. The Labute approximate surface area is 125 Å². The zero-order valence-electron chi connectivity index (χ0n) is 11.6. The topological polar surface area (TPSA) is 29.3 Å². The number of rotatable bonds is 3. The van der Waals surface area contributed by atoms with E-state index in [4.69, 9.17) is 28.9 Å². The second kappa shape index (κ2) is 6.45. The van der Waals surface area contributed by atoms with E-state index in [2.05, 4.69) is 18.7 Å². The molecular formula is C15H22Cl2N2. The molecule has 1 aromatic rings. The van der Waals surface area contributed by atoms with E-state index in [9.17, 15) is 0 Å². The number of likely N-dealkylation sites (tertiary alicyclic amines) is 1. The van der Waals surface area contributed by atoms with Crippen LogP contribution >= 0.6 is 23.2 Å². The minimum atomic E-state index is 0.283. The van der Waals surface area contributed by atoms with Gasteiger partial charge >= 0.3 is 0 Å². The molecule has 1 aliphatic heterocycles. The summed E-state index contributed by atoms with van der Waals surface area (Å²) in [7, 11) is 0. The van der Waals surface area contributed by atoms with Crippen LogP contribution in [0.1, 0.15) is 38.3 Å². The Morgan fingerprint density at radius 2 is 2.16 bits per heavy atom. The maximum Gasteiger partial charge on any atom is 0.0468 e. The molecule has 2 nitrogen and oxygen atoms in total. The van der Waals surface area contributed by atoms with Crippen molar-refractivity contribution >= 4 is 23.2 Å². The second-order valence-corrected chi connectivity index (χ2v) is 6.44. The summed E-state index contributed by atoms with van der Waals surface area (Å²) in [6.07, 6.45) is 2.40. The van der Waals surface area contributed by atoms with Gasteiger partial charge in [-0.2, -0.15) is 0 Å². The molecule has 0 aliphatic carbocycles. The van der Waals surface area contributed by atoms with E-state index in [1.807, 2.05) is 18.2 Å². The predicted molar refractivity (Wildman–Crippen MR) is 82.8 cm³/mol. The standard InChI is InChI=1S/C15H22Cl2N2/c1-10-5-6-19(13(7-10)9-18)11(2)14-4-3-12(16)8-15(14)17/h3-4,8,10-11,13H,5-7,9,18H2,1-2H3. The Bertz CT molecular complexity index is 436. The van der Waals surface area contributed by atoms with Crippen LogP contribution < -0.4 is 5.73 Å². The third-order valence-electron chi connectivity index (χ3n) is 4.21. The van der Waals surface area contributed by atoms with Crippen molar-refractivity contribution < 1.29 is 0 Å². The molecule has 1 aromatic carbocycles. The van der Waals surface area contributed by atoms with Crippen LogP contribution in [0.2, 0.25) is 10.0 Å². The summed E-state index contributed by atoms with van der Waals surface area (Å²) in [5.41, 5.74) is 7.08. The highest BCUT2D eigenvalue weighted by Gasteiger charge is 2.30. The van der Waals surface area contributed by atoms with Crippen LogP contribution in [-0.2, 0) is 0 Å². The van der Waals surface area contributed by atoms with Crippen molar-refractivity contribution in [3.8, 4) is 0 Å². The third kappa shape index (κ3) is 3.43. The number of hydrogen-bond acceptors (Lipinski definition) is 2. The smallest absolute Gasteiger partial charge is 0.0468 e. The average molecular weight is 301 g/mol. The summed E-state index contributed by atoms with van der Waals surface area (Å²) < 4.78 is 0. The summed E-state index contributed by atoms with van der Waals surface area (Å²) in [5.74, 6) is 0.762. The highest BCUT2D eigenvalue weighted by atomic mass is 35.5. The van der Waals surface area contributed by atoms with Gasteiger partial charge in [-0.3, -0.25) is 4.90 Å². The Morgan fingerprint density at radius 1 is 1.42 bits per heavy atom. The van der Waals surface area contributed by atoms with Gasteiger partial charge < -0.3 is 5.73 Å². The van der Waals surface area contributed by atoms with E-state index in [1.165, 1.54) is 12.8 Å². The quantitative estimate of drug-likeness (QED) is 0.910. The number of benzene rings is 1. The van der Waals surface area contributed by atoms with Gasteiger partial charge in [-0.05, 0) is 49.9 Å². The normalized spacial score (nSPS) is 26.4. The van der Waals surface area contributed by atoms with Crippen LogP contribution in [0.4, 0.5) is 0 Å². The van der Waals surface area contributed by atoms with Gasteiger partial charge in [-0.1, -0.05) is 36.2 Å². The molecule has 19 heavy (non-hydrogen) atoms. The summed E-state index contributed by atoms with van der Waals surface area (Å²) in [5, 5.41) is 1.43. The first-order valence-corrected chi connectivity index (χ1v) is 7.69. The lowest BCUT2D eigenvalue weighted by Gasteiger charge is -2.42. The maximum absolute atomic E-state index is 6.32. The van der Waals surface area contributed by atoms with E-state index in [0.717, 1.165) is 23.0 Å². The first kappa shape index (κ1) is 15.1. The van der Waals surface area contributed by atoms with Crippen LogP contribution in [-0.4, -0.2) is 24.0 Å². The zero-order valence-corrected chi connectivity index (χ0v) is 13.1. The lowest BCUT2D eigenvalue weighted by molar-refractivity contribution is 0.0834. The van der Waals surface area contributed by atoms with Gasteiger partial charge in [0.1, 0.15) is 0 Å². The molecule has 1 heterocycles. The number of nitrogens with zero attached hydrogens (tertiary/aromatic N) is 1. The van der Waals surface area contributed by atoms with Crippen LogP contribution in [0.25, 0.3) is 0 Å². The molecule has 4 heteroatoms. The summed E-state index contributed by atoms with van der Waals surface area (Å²) in [6, 6.07) is 6.49. The molecule has 0 amide bonds. The SMILES string of the molecule is CC1CCN(C(C)c2ccc(Cl)cc2Cl)C(CN)C1. The fourth-order valence-corrected chi connectivity index (χ4v) is 3.60. The number of nitrogens with two attached hydrogens (primary N) is 1. The largest absolute Gasteiger partial charge is 0.329 e. The lowest BCUT2D eigenvalue weighted by Crippen LogP contribution is -2.47. The minimum absolute atomic E-state index is 0.283. The van der Waals surface area contributed by atoms with Crippen LogP contribution in [0.15, 0.2) is 18.2 Å². The lowest BCUT2D eigenvalue weighted by atomic mass is 9.90. The number of piperidine rings is 1. The molecule has 0 bridgehead atoms. The van der Waals surface area contributed by atoms with Gasteiger partial charge in [0.15, 0.2) is 0 Å². The Balaban J connectivity index is 2.20.